The van der Waals surface area contributed by atoms with E-state index in [1.54, 1.807) is 0 Å². The van der Waals surface area contributed by atoms with E-state index in [2.05, 4.69) is 10.4 Å². The number of aromatic nitrogens is 2. The summed E-state index contributed by atoms with van der Waals surface area (Å²) in [5, 5.41) is 25.8. The standard InChI is InChI=1S/C13H11ClN4O5/c1-7(13(20)21)17-6-8(5-15-17)12(19)16-11-3-2-9(18(22)23)4-10(11)14/h2-7H,1H3,(H,16,19)(H,20,21). The molecule has 120 valence electrons. The number of non-ortho nitro benzene ring substituents is 1. The van der Waals surface area contributed by atoms with Crippen LogP contribution in [0.15, 0.2) is 30.6 Å². The van der Waals surface area contributed by atoms with Crippen molar-refractivity contribution in [2.75, 3.05) is 5.32 Å². The monoisotopic (exact) mass is 338 g/mol. The van der Waals surface area contributed by atoms with E-state index >= 15 is 0 Å². The smallest absolute Gasteiger partial charge is 0.328 e. The van der Waals surface area contributed by atoms with Gasteiger partial charge in [-0.05, 0) is 13.0 Å². The van der Waals surface area contributed by atoms with Gasteiger partial charge in [-0.25, -0.2) is 4.79 Å². The molecule has 2 rings (SSSR count). The average molecular weight is 339 g/mol. The zero-order chi connectivity index (χ0) is 17.1. The lowest BCUT2D eigenvalue weighted by molar-refractivity contribution is -0.384. The number of benzene rings is 1. The van der Waals surface area contributed by atoms with Crippen LogP contribution in [0.4, 0.5) is 11.4 Å². The molecule has 1 aromatic heterocycles. The largest absolute Gasteiger partial charge is 0.480 e. The molecule has 0 saturated carbocycles. The van der Waals surface area contributed by atoms with E-state index in [1.165, 1.54) is 31.5 Å². The number of carboxylic acid groups (broad SMARTS) is 1. The summed E-state index contributed by atoms with van der Waals surface area (Å²) in [7, 11) is 0. The summed E-state index contributed by atoms with van der Waals surface area (Å²) >= 11 is 5.88. The maximum atomic E-state index is 12.1. The van der Waals surface area contributed by atoms with Gasteiger partial charge in [0, 0.05) is 18.3 Å². The first-order chi connectivity index (χ1) is 10.8. The van der Waals surface area contributed by atoms with Crippen molar-refractivity contribution in [1.29, 1.82) is 0 Å². The Labute approximate surface area is 134 Å². The molecule has 0 aliphatic carbocycles. The Hall–Kier alpha value is -2.94. The summed E-state index contributed by atoms with van der Waals surface area (Å²) in [6.45, 7) is 1.42. The number of carbonyl (C=O) groups is 2. The zero-order valence-corrected chi connectivity index (χ0v) is 12.5. The quantitative estimate of drug-likeness (QED) is 0.636. The van der Waals surface area contributed by atoms with Crippen molar-refractivity contribution in [3.8, 4) is 0 Å². The summed E-state index contributed by atoms with van der Waals surface area (Å²) < 4.78 is 1.13. The highest BCUT2D eigenvalue weighted by molar-refractivity contribution is 6.34. The second-order valence-electron chi connectivity index (χ2n) is 4.60. The van der Waals surface area contributed by atoms with Crippen LogP contribution in [0, 0.1) is 10.1 Å². The highest BCUT2D eigenvalue weighted by Gasteiger charge is 2.18. The minimum atomic E-state index is -1.08. The summed E-state index contributed by atoms with van der Waals surface area (Å²) in [5.41, 5.74) is 0.130. The number of carboxylic acids is 1. The Balaban J connectivity index is 2.16. The topological polar surface area (TPSA) is 127 Å². The van der Waals surface area contributed by atoms with E-state index < -0.39 is 22.8 Å². The fourth-order valence-electron chi connectivity index (χ4n) is 1.69. The van der Waals surface area contributed by atoms with Crippen LogP contribution in [0.2, 0.25) is 5.02 Å². The molecule has 0 bridgehead atoms. The first-order valence-corrected chi connectivity index (χ1v) is 6.69. The van der Waals surface area contributed by atoms with Crippen LogP contribution in [0.1, 0.15) is 23.3 Å². The molecule has 1 aromatic carbocycles. The van der Waals surface area contributed by atoms with E-state index in [0.717, 1.165) is 10.7 Å². The van der Waals surface area contributed by atoms with Gasteiger partial charge in [0.05, 0.1) is 27.4 Å². The van der Waals surface area contributed by atoms with Crippen molar-refractivity contribution in [2.45, 2.75) is 13.0 Å². The van der Waals surface area contributed by atoms with Gasteiger partial charge in [0.25, 0.3) is 11.6 Å². The minimum absolute atomic E-state index is 0.0128. The van der Waals surface area contributed by atoms with Crippen molar-refractivity contribution in [3.05, 3.63) is 51.3 Å². The van der Waals surface area contributed by atoms with Gasteiger partial charge >= 0.3 is 5.97 Å². The molecule has 2 aromatic rings. The number of halogens is 1. The molecule has 0 aliphatic heterocycles. The summed E-state index contributed by atoms with van der Waals surface area (Å²) in [6.07, 6.45) is 2.50. The summed E-state index contributed by atoms with van der Waals surface area (Å²) in [6, 6.07) is 2.71. The highest BCUT2D eigenvalue weighted by atomic mass is 35.5. The Morgan fingerprint density at radius 1 is 1.48 bits per heavy atom. The molecule has 0 fully saturated rings. The van der Waals surface area contributed by atoms with Gasteiger partial charge in [-0.3, -0.25) is 19.6 Å². The molecule has 1 unspecified atom stereocenters. The van der Waals surface area contributed by atoms with Gasteiger partial charge in [-0.1, -0.05) is 11.6 Å². The van der Waals surface area contributed by atoms with Crippen LogP contribution in [-0.2, 0) is 4.79 Å². The van der Waals surface area contributed by atoms with Crippen LogP contribution >= 0.6 is 11.6 Å². The van der Waals surface area contributed by atoms with Gasteiger partial charge in [0.1, 0.15) is 6.04 Å². The summed E-state index contributed by atoms with van der Waals surface area (Å²) in [4.78, 5) is 33.0. The third kappa shape index (κ3) is 3.64. The Bertz CT molecular complexity index is 788. The van der Waals surface area contributed by atoms with E-state index in [1.807, 2.05) is 0 Å². The number of hydrogen-bond donors (Lipinski definition) is 2. The molecule has 1 atom stereocenters. The van der Waals surface area contributed by atoms with Crippen LogP contribution in [0.25, 0.3) is 0 Å². The van der Waals surface area contributed by atoms with Crippen molar-refractivity contribution < 1.29 is 19.6 Å². The number of nitro groups is 1. The van der Waals surface area contributed by atoms with Gasteiger partial charge in [-0.2, -0.15) is 5.10 Å². The number of nitrogens with one attached hydrogen (secondary N) is 1. The molecule has 0 saturated heterocycles. The van der Waals surface area contributed by atoms with Crippen molar-refractivity contribution in [1.82, 2.24) is 9.78 Å². The van der Waals surface area contributed by atoms with Crippen LogP contribution in [0.3, 0.4) is 0 Å². The second-order valence-corrected chi connectivity index (χ2v) is 5.01. The van der Waals surface area contributed by atoms with E-state index in [-0.39, 0.29) is 22.0 Å². The molecule has 0 spiro atoms. The second kappa shape index (κ2) is 6.44. The minimum Gasteiger partial charge on any atom is -0.480 e. The molecular weight excluding hydrogens is 328 g/mol. The number of nitro benzene ring substituents is 1. The average Bonchev–Trinajstić information content (AvgIpc) is 2.98. The number of amides is 1. The van der Waals surface area contributed by atoms with Gasteiger partial charge in [-0.15, -0.1) is 0 Å². The van der Waals surface area contributed by atoms with Crippen molar-refractivity contribution in [3.63, 3.8) is 0 Å². The molecule has 23 heavy (non-hydrogen) atoms. The van der Waals surface area contributed by atoms with E-state index in [9.17, 15) is 19.7 Å². The Morgan fingerprint density at radius 3 is 2.74 bits per heavy atom. The van der Waals surface area contributed by atoms with Crippen LogP contribution < -0.4 is 5.32 Å². The van der Waals surface area contributed by atoms with Crippen LogP contribution in [-0.4, -0.2) is 31.7 Å². The first-order valence-electron chi connectivity index (χ1n) is 6.32. The molecular formula is C13H11ClN4O5. The molecule has 9 nitrogen and oxygen atoms in total. The number of anilines is 1. The molecule has 0 radical (unpaired) electrons. The predicted octanol–water partition coefficient (Wildman–Crippen LogP) is 2.34. The molecule has 1 amide bonds. The lowest BCUT2D eigenvalue weighted by Gasteiger charge is -2.06. The molecule has 10 heteroatoms. The predicted molar refractivity (Wildman–Crippen MR) is 80.6 cm³/mol. The van der Waals surface area contributed by atoms with Gasteiger partial charge in [0.2, 0.25) is 0 Å². The molecule has 1 heterocycles. The zero-order valence-electron chi connectivity index (χ0n) is 11.8. The van der Waals surface area contributed by atoms with Crippen LogP contribution in [0.5, 0.6) is 0 Å². The van der Waals surface area contributed by atoms with E-state index in [4.69, 9.17) is 16.7 Å². The number of nitrogens with zero attached hydrogens (tertiary/aromatic N) is 3. The lowest BCUT2D eigenvalue weighted by atomic mass is 10.2. The number of aliphatic carboxylic acids is 1. The van der Waals surface area contributed by atoms with Crippen molar-refractivity contribution in [2.24, 2.45) is 0 Å². The highest BCUT2D eigenvalue weighted by Crippen LogP contribution is 2.27. The number of rotatable bonds is 5. The van der Waals surface area contributed by atoms with E-state index in [0.29, 0.717) is 0 Å². The third-order valence-electron chi connectivity index (χ3n) is 3.03. The van der Waals surface area contributed by atoms with Gasteiger partial charge < -0.3 is 10.4 Å². The number of carbonyl (C=O) groups excluding carboxylic acids is 1. The third-order valence-corrected chi connectivity index (χ3v) is 3.34. The Morgan fingerprint density at radius 2 is 2.17 bits per heavy atom. The molecule has 0 aliphatic rings. The number of hydrogen-bond acceptors (Lipinski definition) is 5. The fourth-order valence-corrected chi connectivity index (χ4v) is 1.92. The SMILES string of the molecule is CC(C(=O)O)n1cc(C(=O)Nc2ccc([N+](=O)[O-])cc2Cl)cn1. The summed E-state index contributed by atoms with van der Waals surface area (Å²) in [5.74, 6) is -1.65. The normalized spacial score (nSPS) is 11.7. The Kier molecular flexibility index (Phi) is 4.60. The first kappa shape index (κ1) is 16.4. The lowest BCUT2D eigenvalue weighted by Crippen LogP contribution is -2.16. The molecule has 2 N–H and O–H groups in total. The maximum Gasteiger partial charge on any atom is 0.328 e. The fraction of sp³-hybridized carbons (Fsp3) is 0.154. The van der Waals surface area contributed by atoms with Gasteiger partial charge in [0.15, 0.2) is 0 Å². The maximum absolute atomic E-state index is 12.1. The van der Waals surface area contributed by atoms with Crippen molar-refractivity contribution >= 4 is 34.9 Å².